The van der Waals surface area contributed by atoms with Crippen molar-refractivity contribution in [3.63, 3.8) is 0 Å². The van der Waals surface area contributed by atoms with Crippen LogP contribution in [-0.4, -0.2) is 12.6 Å². The molecule has 1 aliphatic rings. The number of benzene rings is 1. The van der Waals surface area contributed by atoms with E-state index in [1.165, 1.54) is 12.0 Å². The van der Waals surface area contributed by atoms with Crippen LogP contribution in [0.15, 0.2) is 22.7 Å². The van der Waals surface area contributed by atoms with E-state index in [4.69, 9.17) is 4.74 Å². The molecule has 0 radical (unpaired) electrons. The predicted molar refractivity (Wildman–Crippen MR) is 83.7 cm³/mol. The van der Waals surface area contributed by atoms with Crippen LogP contribution in [0.4, 0.5) is 0 Å². The van der Waals surface area contributed by atoms with E-state index in [9.17, 15) is 0 Å². The second-order valence-electron chi connectivity index (χ2n) is 6.21. The minimum Gasteiger partial charge on any atom is -0.487 e. The molecule has 3 heteroatoms. The molecule has 106 valence electrons. The average Bonchev–Trinajstić information content (AvgIpc) is 2.36. The molecule has 1 aliphatic heterocycles. The Balaban J connectivity index is 2.23. The fourth-order valence-corrected chi connectivity index (χ4v) is 3.12. The predicted octanol–water partition coefficient (Wildman–Crippen LogP) is 4.69. The molecule has 1 aromatic rings. The van der Waals surface area contributed by atoms with E-state index < -0.39 is 0 Å². The van der Waals surface area contributed by atoms with Crippen molar-refractivity contribution in [1.82, 2.24) is 5.32 Å². The van der Waals surface area contributed by atoms with Crippen LogP contribution in [0.2, 0.25) is 0 Å². The van der Waals surface area contributed by atoms with E-state index in [0.29, 0.717) is 6.04 Å². The summed E-state index contributed by atoms with van der Waals surface area (Å²) in [6.07, 6.45) is 3.34. The van der Waals surface area contributed by atoms with Gasteiger partial charge in [0.05, 0.1) is 0 Å². The molecule has 0 aromatic heterocycles. The number of ether oxygens (including phenoxy) is 1. The zero-order valence-electron chi connectivity index (χ0n) is 12.3. The Morgan fingerprint density at radius 1 is 1.47 bits per heavy atom. The Hall–Kier alpha value is -0.540. The molecule has 0 aliphatic carbocycles. The van der Waals surface area contributed by atoms with Gasteiger partial charge in [0.15, 0.2) is 0 Å². The molecule has 1 N–H and O–H groups in total. The lowest BCUT2D eigenvalue weighted by Gasteiger charge is -2.40. The lowest BCUT2D eigenvalue weighted by atomic mass is 9.84. The zero-order chi connectivity index (χ0) is 14.0. The van der Waals surface area contributed by atoms with Crippen molar-refractivity contribution < 1.29 is 4.74 Å². The number of halogens is 1. The average molecular weight is 326 g/mol. The largest absolute Gasteiger partial charge is 0.487 e. The van der Waals surface area contributed by atoms with Gasteiger partial charge >= 0.3 is 0 Å². The summed E-state index contributed by atoms with van der Waals surface area (Å²) < 4.78 is 7.41. The highest BCUT2D eigenvalue weighted by atomic mass is 79.9. The van der Waals surface area contributed by atoms with Gasteiger partial charge in [-0.05, 0) is 50.9 Å². The summed E-state index contributed by atoms with van der Waals surface area (Å²) in [4.78, 5) is 0. The van der Waals surface area contributed by atoms with E-state index in [1.807, 2.05) is 7.05 Å². The molecule has 1 aromatic carbocycles. The Bertz CT molecular complexity index is 446. The molecule has 0 saturated heterocycles. The lowest BCUT2D eigenvalue weighted by molar-refractivity contribution is 0.0359. The number of fused-ring (bicyclic) bond motifs is 1. The van der Waals surface area contributed by atoms with Crippen LogP contribution in [0.5, 0.6) is 5.75 Å². The molecule has 0 spiro atoms. The van der Waals surface area contributed by atoms with Crippen molar-refractivity contribution in [3.8, 4) is 5.75 Å². The standard InChI is InChI=1S/C16H24BrNO/c1-11(2)7-8-16(3)10-14(18-4)13-9-12(17)5-6-15(13)19-16/h5-6,9,11,14,18H,7-8,10H2,1-4H3. The molecule has 19 heavy (non-hydrogen) atoms. The minimum atomic E-state index is -0.0568. The quantitative estimate of drug-likeness (QED) is 0.867. The van der Waals surface area contributed by atoms with E-state index >= 15 is 0 Å². The van der Waals surface area contributed by atoms with E-state index in [2.05, 4.69) is 60.2 Å². The van der Waals surface area contributed by atoms with Crippen molar-refractivity contribution >= 4 is 15.9 Å². The molecule has 0 fully saturated rings. The third-order valence-corrected chi connectivity index (χ3v) is 4.43. The molecule has 0 amide bonds. The minimum absolute atomic E-state index is 0.0568. The summed E-state index contributed by atoms with van der Waals surface area (Å²) >= 11 is 3.54. The summed E-state index contributed by atoms with van der Waals surface area (Å²) in [6, 6.07) is 6.67. The lowest BCUT2D eigenvalue weighted by Crippen LogP contribution is -2.41. The molecule has 2 atom stereocenters. The topological polar surface area (TPSA) is 21.3 Å². The van der Waals surface area contributed by atoms with Gasteiger partial charge in [-0.2, -0.15) is 0 Å². The van der Waals surface area contributed by atoms with Gasteiger partial charge in [-0.1, -0.05) is 29.8 Å². The highest BCUT2D eigenvalue weighted by molar-refractivity contribution is 9.10. The van der Waals surface area contributed by atoms with Crippen molar-refractivity contribution in [3.05, 3.63) is 28.2 Å². The third-order valence-electron chi connectivity index (χ3n) is 3.94. The number of nitrogens with one attached hydrogen (secondary N) is 1. The van der Waals surface area contributed by atoms with Crippen molar-refractivity contribution in [2.24, 2.45) is 5.92 Å². The molecule has 2 rings (SSSR count). The van der Waals surface area contributed by atoms with Gasteiger partial charge in [0.2, 0.25) is 0 Å². The number of hydrogen-bond donors (Lipinski definition) is 1. The summed E-state index contributed by atoms with van der Waals surface area (Å²) in [6.45, 7) is 6.78. The molecular formula is C16H24BrNO. The van der Waals surface area contributed by atoms with Crippen LogP contribution in [0.3, 0.4) is 0 Å². The second-order valence-corrected chi connectivity index (χ2v) is 7.13. The van der Waals surface area contributed by atoms with E-state index in [1.54, 1.807) is 0 Å². The van der Waals surface area contributed by atoms with E-state index in [-0.39, 0.29) is 5.60 Å². The number of rotatable bonds is 4. The first-order chi connectivity index (χ1) is 8.93. The fourth-order valence-electron chi connectivity index (χ4n) is 2.74. The van der Waals surface area contributed by atoms with Gasteiger partial charge in [0, 0.05) is 22.5 Å². The number of hydrogen-bond acceptors (Lipinski definition) is 2. The SMILES string of the molecule is CNC1CC(C)(CCC(C)C)Oc2ccc(Br)cc21. The Morgan fingerprint density at radius 2 is 2.21 bits per heavy atom. The van der Waals surface area contributed by atoms with E-state index in [0.717, 1.165) is 29.0 Å². The van der Waals surface area contributed by atoms with Crippen molar-refractivity contribution in [1.29, 1.82) is 0 Å². The smallest absolute Gasteiger partial charge is 0.124 e. The maximum Gasteiger partial charge on any atom is 0.124 e. The van der Waals surface area contributed by atoms with Crippen LogP contribution < -0.4 is 10.1 Å². The van der Waals surface area contributed by atoms with Crippen molar-refractivity contribution in [2.45, 2.75) is 51.7 Å². The molecule has 1 heterocycles. The first-order valence-corrected chi connectivity index (χ1v) is 7.88. The van der Waals surface area contributed by atoms with Crippen LogP contribution in [0, 0.1) is 5.92 Å². The Morgan fingerprint density at radius 3 is 2.84 bits per heavy atom. The summed E-state index contributed by atoms with van der Waals surface area (Å²) in [7, 11) is 2.03. The summed E-state index contributed by atoms with van der Waals surface area (Å²) in [5.74, 6) is 1.75. The Labute approximate surface area is 125 Å². The van der Waals surface area contributed by atoms with Gasteiger partial charge in [-0.25, -0.2) is 0 Å². The monoisotopic (exact) mass is 325 g/mol. The summed E-state index contributed by atoms with van der Waals surface area (Å²) in [5.41, 5.74) is 1.21. The normalized spacial score (nSPS) is 26.1. The van der Waals surface area contributed by atoms with Crippen LogP contribution in [0.25, 0.3) is 0 Å². The van der Waals surface area contributed by atoms with Crippen molar-refractivity contribution in [2.75, 3.05) is 7.05 Å². The van der Waals surface area contributed by atoms with Crippen LogP contribution in [0.1, 0.15) is 51.6 Å². The third kappa shape index (κ3) is 3.51. The molecular weight excluding hydrogens is 302 g/mol. The highest BCUT2D eigenvalue weighted by Crippen LogP contribution is 2.42. The molecule has 0 bridgehead atoms. The molecule has 2 nitrogen and oxygen atoms in total. The van der Waals surface area contributed by atoms with Gasteiger partial charge in [-0.3, -0.25) is 0 Å². The highest BCUT2D eigenvalue weighted by Gasteiger charge is 2.36. The van der Waals surface area contributed by atoms with Gasteiger partial charge in [-0.15, -0.1) is 0 Å². The first-order valence-electron chi connectivity index (χ1n) is 7.09. The molecule has 2 unspecified atom stereocenters. The second kappa shape index (κ2) is 5.84. The summed E-state index contributed by atoms with van der Waals surface area (Å²) in [5, 5.41) is 3.43. The van der Waals surface area contributed by atoms with Gasteiger partial charge in [0.1, 0.15) is 11.4 Å². The maximum absolute atomic E-state index is 6.30. The van der Waals surface area contributed by atoms with Gasteiger partial charge < -0.3 is 10.1 Å². The fraction of sp³-hybridized carbons (Fsp3) is 0.625. The zero-order valence-corrected chi connectivity index (χ0v) is 13.9. The first kappa shape index (κ1) is 14.9. The van der Waals surface area contributed by atoms with Crippen LogP contribution >= 0.6 is 15.9 Å². The molecule has 0 saturated carbocycles. The maximum atomic E-state index is 6.30. The Kier molecular flexibility index (Phi) is 4.57. The van der Waals surface area contributed by atoms with Gasteiger partial charge in [0.25, 0.3) is 0 Å². The van der Waals surface area contributed by atoms with Crippen LogP contribution in [-0.2, 0) is 0 Å².